The summed E-state index contributed by atoms with van der Waals surface area (Å²) in [5, 5.41) is 0. The van der Waals surface area contributed by atoms with Gasteiger partial charge in [0.1, 0.15) is 0 Å². The van der Waals surface area contributed by atoms with Gasteiger partial charge in [-0.2, -0.15) is 0 Å². The predicted octanol–water partition coefficient (Wildman–Crippen LogP) is 3.71. The van der Waals surface area contributed by atoms with Crippen LogP contribution in [0.3, 0.4) is 0 Å². The van der Waals surface area contributed by atoms with E-state index >= 15 is 0 Å². The molecule has 0 saturated heterocycles. The lowest BCUT2D eigenvalue weighted by Crippen LogP contribution is -2.30. The molecule has 1 aliphatic heterocycles. The molecule has 0 aliphatic carbocycles. The van der Waals surface area contributed by atoms with Gasteiger partial charge in [-0.1, -0.05) is 0 Å². The highest BCUT2D eigenvalue weighted by atomic mass is 32.2. The van der Waals surface area contributed by atoms with E-state index in [2.05, 4.69) is 44.4 Å². The van der Waals surface area contributed by atoms with Gasteiger partial charge in [0.2, 0.25) is 0 Å². The maximum atomic E-state index is 4.58. The Balaban J connectivity index is 2.17. The fourth-order valence-corrected chi connectivity index (χ4v) is 3.40. The molecule has 0 bridgehead atoms. The van der Waals surface area contributed by atoms with E-state index in [0.29, 0.717) is 0 Å². The largest absolute Gasteiger partial charge is 0.312 e. The number of anilines is 4. The van der Waals surface area contributed by atoms with Crippen molar-refractivity contribution in [3.8, 4) is 0 Å². The molecule has 3 heterocycles. The van der Waals surface area contributed by atoms with E-state index in [0.717, 1.165) is 34.8 Å². The van der Waals surface area contributed by atoms with Crippen LogP contribution in [0.4, 0.5) is 23.0 Å². The van der Waals surface area contributed by atoms with Gasteiger partial charge in [0, 0.05) is 12.4 Å². The summed E-state index contributed by atoms with van der Waals surface area (Å²) in [7, 11) is 0. The highest BCUT2D eigenvalue weighted by Crippen LogP contribution is 2.46. The Bertz CT molecular complexity index is 506. The minimum Gasteiger partial charge on any atom is -0.312 e. The summed E-state index contributed by atoms with van der Waals surface area (Å²) < 4.78 is 0. The van der Waals surface area contributed by atoms with E-state index in [-0.39, 0.29) is 0 Å². The zero-order chi connectivity index (χ0) is 13.9. The Kier molecular flexibility index (Phi) is 4.03. The second kappa shape index (κ2) is 5.93. The van der Waals surface area contributed by atoms with Crippen LogP contribution in [0.5, 0.6) is 0 Å². The van der Waals surface area contributed by atoms with Crippen molar-refractivity contribution in [2.75, 3.05) is 34.1 Å². The maximum Gasteiger partial charge on any atom is 0.157 e. The fraction of sp³-hybridized carbons (Fsp3) is 0.286. The first-order chi connectivity index (χ1) is 9.86. The second-order valence-electron chi connectivity index (χ2n) is 4.38. The lowest BCUT2D eigenvalue weighted by atomic mass is 10.2. The Morgan fingerprint density at radius 3 is 1.70 bits per heavy atom. The highest BCUT2D eigenvalue weighted by Gasteiger charge is 2.29. The van der Waals surface area contributed by atoms with E-state index in [4.69, 9.17) is 0 Å². The number of hydrogen-bond donors (Lipinski definition) is 0. The molecule has 20 heavy (non-hydrogen) atoms. The zero-order valence-corrected chi connectivity index (χ0v) is 13.1. The van der Waals surface area contributed by atoms with Gasteiger partial charge in [-0.05, 0) is 36.8 Å². The molecule has 0 amide bonds. The minimum absolute atomic E-state index is 0.871. The summed E-state index contributed by atoms with van der Waals surface area (Å²) in [6.45, 7) is 0. The molecule has 0 saturated carbocycles. The molecule has 0 aromatic carbocycles. The molecule has 2 aromatic heterocycles. The van der Waals surface area contributed by atoms with Crippen LogP contribution in [0.15, 0.2) is 36.7 Å². The molecule has 0 radical (unpaired) electrons. The molecule has 6 heteroatoms. The van der Waals surface area contributed by atoms with Crippen molar-refractivity contribution >= 4 is 46.5 Å². The number of rotatable bonds is 4. The summed E-state index contributed by atoms with van der Waals surface area (Å²) >= 11 is 3.57. The molecule has 1 aliphatic rings. The monoisotopic (exact) mass is 304 g/mol. The zero-order valence-electron chi connectivity index (χ0n) is 11.5. The molecule has 2 aromatic rings. The third-order valence-corrected chi connectivity index (χ3v) is 4.17. The third kappa shape index (κ3) is 2.23. The van der Waals surface area contributed by atoms with E-state index in [1.54, 1.807) is 23.5 Å². The molecule has 4 nitrogen and oxygen atoms in total. The van der Waals surface area contributed by atoms with E-state index in [1.807, 2.05) is 24.5 Å². The normalized spacial score (nSPS) is 13.1. The lowest BCUT2D eigenvalue weighted by molar-refractivity contribution is 0.992. The molecule has 104 valence electrons. The molecule has 0 fully saturated rings. The van der Waals surface area contributed by atoms with Gasteiger partial charge in [-0.3, -0.25) is 0 Å². The van der Waals surface area contributed by atoms with Crippen molar-refractivity contribution in [3.05, 3.63) is 36.7 Å². The standard InChI is InChI=1S/C14H16N4S2/c1-19-9-17-11-5-3-8-16-14(11)18(10-20-2)12-6-4-7-15-13(12)17/h3-8H,9-10H2,1-2H3. The second-order valence-corrected chi connectivity index (χ2v) is 6.05. The Morgan fingerprint density at radius 1 is 0.850 bits per heavy atom. The van der Waals surface area contributed by atoms with Crippen LogP contribution < -0.4 is 9.80 Å². The molecule has 0 N–H and O–H groups in total. The van der Waals surface area contributed by atoms with E-state index in [1.165, 1.54) is 0 Å². The third-order valence-electron chi connectivity index (χ3n) is 3.14. The summed E-state index contributed by atoms with van der Waals surface area (Å²) in [5.74, 6) is 3.76. The number of aromatic nitrogens is 2. The van der Waals surface area contributed by atoms with Crippen molar-refractivity contribution < 1.29 is 0 Å². The van der Waals surface area contributed by atoms with Crippen LogP contribution >= 0.6 is 23.5 Å². The summed E-state index contributed by atoms with van der Waals surface area (Å²) in [5.41, 5.74) is 2.25. The SMILES string of the molecule is CSCN1c2cccnc2N(CSC)c2cccnc21. The van der Waals surface area contributed by atoms with Crippen LogP contribution in [0.2, 0.25) is 0 Å². The van der Waals surface area contributed by atoms with Gasteiger partial charge in [-0.25, -0.2) is 9.97 Å². The van der Waals surface area contributed by atoms with Gasteiger partial charge >= 0.3 is 0 Å². The van der Waals surface area contributed by atoms with E-state index in [9.17, 15) is 0 Å². The quantitative estimate of drug-likeness (QED) is 0.856. The van der Waals surface area contributed by atoms with Crippen molar-refractivity contribution in [3.63, 3.8) is 0 Å². The first kappa shape index (κ1) is 13.6. The molecule has 0 spiro atoms. The van der Waals surface area contributed by atoms with Crippen molar-refractivity contribution in [1.29, 1.82) is 0 Å². The lowest BCUT2D eigenvalue weighted by Gasteiger charge is -2.37. The summed E-state index contributed by atoms with van der Waals surface area (Å²) in [6, 6.07) is 8.20. The summed E-state index contributed by atoms with van der Waals surface area (Å²) in [4.78, 5) is 13.6. The topological polar surface area (TPSA) is 32.3 Å². The number of nitrogens with zero attached hydrogens (tertiary/aromatic N) is 4. The minimum atomic E-state index is 0.871. The Labute approximate surface area is 127 Å². The Morgan fingerprint density at radius 2 is 1.30 bits per heavy atom. The highest BCUT2D eigenvalue weighted by molar-refractivity contribution is 7.98. The van der Waals surface area contributed by atoms with Crippen molar-refractivity contribution in [1.82, 2.24) is 9.97 Å². The molecule has 3 rings (SSSR count). The average molecular weight is 304 g/mol. The summed E-state index contributed by atoms with van der Waals surface area (Å²) in [6.07, 6.45) is 7.91. The molecular formula is C14H16N4S2. The van der Waals surface area contributed by atoms with Gasteiger partial charge in [0.25, 0.3) is 0 Å². The van der Waals surface area contributed by atoms with Crippen molar-refractivity contribution in [2.45, 2.75) is 0 Å². The van der Waals surface area contributed by atoms with Gasteiger partial charge in [0.05, 0.1) is 23.1 Å². The van der Waals surface area contributed by atoms with Crippen molar-refractivity contribution in [2.24, 2.45) is 0 Å². The van der Waals surface area contributed by atoms with Crippen LogP contribution in [0.1, 0.15) is 0 Å². The van der Waals surface area contributed by atoms with Gasteiger partial charge in [0.15, 0.2) is 11.6 Å². The maximum absolute atomic E-state index is 4.58. The van der Waals surface area contributed by atoms with Crippen LogP contribution in [-0.2, 0) is 0 Å². The van der Waals surface area contributed by atoms with Crippen LogP contribution in [0.25, 0.3) is 0 Å². The fourth-order valence-electron chi connectivity index (χ4n) is 2.36. The average Bonchev–Trinajstić information content (AvgIpc) is 2.50. The number of hydrogen-bond acceptors (Lipinski definition) is 6. The molecular weight excluding hydrogens is 288 g/mol. The smallest absolute Gasteiger partial charge is 0.157 e. The first-order valence-corrected chi connectivity index (χ1v) is 9.08. The first-order valence-electron chi connectivity index (χ1n) is 6.30. The number of thioether (sulfide) groups is 2. The van der Waals surface area contributed by atoms with E-state index < -0.39 is 0 Å². The molecule has 0 unspecified atom stereocenters. The van der Waals surface area contributed by atoms with Gasteiger partial charge < -0.3 is 9.80 Å². The number of fused-ring (bicyclic) bond motifs is 2. The number of pyridine rings is 2. The Hall–Kier alpha value is -1.40. The van der Waals surface area contributed by atoms with Crippen LogP contribution in [-0.4, -0.2) is 34.2 Å². The van der Waals surface area contributed by atoms with Crippen LogP contribution in [0, 0.1) is 0 Å². The van der Waals surface area contributed by atoms with Gasteiger partial charge in [-0.15, -0.1) is 23.5 Å². The predicted molar refractivity (Wildman–Crippen MR) is 89.5 cm³/mol. The molecule has 0 atom stereocenters.